The van der Waals surface area contributed by atoms with Gasteiger partial charge in [0.1, 0.15) is 6.33 Å². The van der Waals surface area contributed by atoms with E-state index in [-0.39, 0.29) is 12.0 Å². The molecule has 0 radical (unpaired) electrons. The first-order valence-corrected chi connectivity index (χ1v) is 8.76. The first kappa shape index (κ1) is 16.7. The molecule has 1 aliphatic carbocycles. The molecule has 3 atom stereocenters. The molecule has 0 bridgehead atoms. The van der Waals surface area contributed by atoms with E-state index in [0.717, 1.165) is 22.4 Å². The van der Waals surface area contributed by atoms with Gasteiger partial charge >= 0.3 is 0 Å². The van der Waals surface area contributed by atoms with Crippen molar-refractivity contribution in [2.24, 2.45) is 4.99 Å². The zero-order chi connectivity index (χ0) is 18.1. The molecule has 134 valence electrons. The molecule has 2 heterocycles. The van der Waals surface area contributed by atoms with Crippen molar-refractivity contribution in [2.45, 2.75) is 31.4 Å². The molecule has 26 heavy (non-hydrogen) atoms. The van der Waals surface area contributed by atoms with Crippen molar-refractivity contribution < 1.29 is 14.6 Å². The first-order valence-electron chi connectivity index (χ1n) is 8.76. The number of nitrogens with zero attached hydrogens (tertiary/aromatic N) is 3. The molecule has 2 aromatic rings. The van der Waals surface area contributed by atoms with Crippen molar-refractivity contribution in [3.63, 3.8) is 0 Å². The molecule has 4 rings (SSSR count). The highest BCUT2D eigenvalue weighted by Crippen LogP contribution is 2.43. The molecule has 6 heteroatoms. The Kier molecular flexibility index (Phi) is 4.42. The van der Waals surface area contributed by atoms with E-state index in [9.17, 15) is 5.11 Å². The summed E-state index contributed by atoms with van der Waals surface area (Å²) in [6, 6.07) is 3.97. The minimum Gasteiger partial charge on any atom is -0.493 e. The van der Waals surface area contributed by atoms with Crippen LogP contribution in [0.1, 0.15) is 36.0 Å². The van der Waals surface area contributed by atoms with Crippen LogP contribution in [0.15, 0.2) is 48.0 Å². The van der Waals surface area contributed by atoms with E-state index in [0.29, 0.717) is 24.5 Å². The van der Waals surface area contributed by atoms with Gasteiger partial charge in [0.2, 0.25) is 0 Å². The third kappa shape index (κ3) is 2.86. The average Bonchev–Trinajstić information content (AvgIpc) is 2.68. The van der Waals surface area contributed by atoms with Gasteiger partial charge in [-0.2, -0.15) is 0 Å². The standard InChI is InChI=1S/C20H21N3O3/c1-3-26-19-7-14-15-6-13(24)4-5-17(15)23-20(12-9-21-11-22-10-12)16(14)8-18(19)25-2/h4-5,7-11,13,15,17,24H,3,6H2,1-2H3/t13-,15+,17+/m0/s1. The largest absolute Gasteiger partial charge is 0.493 e. The van der Waals surface area contributed by atoms with Crippen LogP contribution in [0, 0.1) is 0 Å². The number of aliphatic hydroxyl groups excluding tert-OH is 1. The van der Waals surface area contributed by atoms with E-state index in [1.165, 1.54) is 6.33 Å². The van der Waals surface area contributed by atoms with Gasteiger partial charge in [0, 0.05) is 29.4 Å². The van der Waals surface area contributed by atoms with E-state index < -0.39 is 6.10 Å². The van der Waals surface area contributed by atoms with Crippen LogP contribution in [0.5, 0.6) is 11.5 Å². The summed E-state index contributed by atoms with van der Waals surface area (Å²) in [5, 5.41) is 10.1. The van der Waals surface area contributed by atoms with Gasteiger partial charge in [-0.25, -0.2) is 9.97 Å². The summed E-state index contributed by atoms with van der Waals surface area (Å²) in [7, 11) is 1.63. The number of hydrogen-bond donors (Lipinski definition) is 1. The Balaban J connectivity index is 1.92. The van der Waals surface area contributed by atoms with Crippen LogP contribution in [0.3, 0.4) is 0 Å². The van der Waals surface area contributed by atoms with Crippen molar-refractivity contribution in [3.8, 4) is 11.5 Å². The monoisotopic (exact) mass is 351 g/mol. The predicted molar refractivity (Wildman–Crippen MR) is 98.1 cm³/mol. The quantitative estimate of drug-likeness (QED) is 0.857. The number of fused-ring (bicyclic) bond motifs is 3. The minimum absolute atomic E-state index is 0.0241. The molecular weight excluding hydrogens is 330 g/mol. The number of aliphatic imine (C=N–C) groups is 1. The van der Waals surface area contributed by atoms with Gasteiger partial charge in [-0.15, -0.1) is 0 Å². The summed E-state index contributed by atoms with van der Waals surface area (Å²) in [6.07, 6.45) is 9.01. The molecular formula is C20H21N3O3. The zero-order valence-corrected chi connectivity index (χ0v) is 14.8. The van der Waals surface area contributed by atoms with E-state index >= 15 is 0 Å². The van der Waals surface area contributed by atoms with Crippen LogP contribution >= 0.6 is 0 Å². The number of rotatable bonds is 4. The van der Waals surface area contributed by atoms with Crippen LogP contribution in [0.4, 0.5) is 0 Å². The molecule has 0 unspecified atom stereocenters. The Labute approximate surface area is 152 Å². The lowest BCUT2D eigenvalue weighted by Crippen LogP contribution is -2.31. The Morgan fingerprint density at radius 2 is 1.96 bits per heavy atom. The van der Waals surface area contributed by atoms with Gasteiger partial charge in [-0.3, -0.25) is 4.99 Å². The summed E-state index contributed by atoms with van der Waals surface area (Å²) in [4.78, 5) is 13.2. The molecule has 0 spiro atoms. The van der Waals surface area contributed by atoms with E-state index in [4.69, 9.17) is 14.5 Å². The number of hydrogen-bond acceptors (Lipinski definition) is 6. The highest BCUT2D eigenvalue weighted by Gasteiger charge is 2.35. The topological polar surface area (TPSA) is 76.8 Å². The van der Waals surface area contributed by atoms with E-state index in [1.807, 2.05) is 31.2 Å². The lowest BCUT2D eigenvalue weighted by molar-refractivity contribution is 0.190. The summed E-state index contributed by atoms with van der Waals surface area (Å²) in [5.41, 5.74) is 3.78. The van der Waals surface area contributed by atoms with Gasteiger partial charge in [-0.1, -0.05) is 12.2 Å². The van der Waals surface area contributed by atoms with Crippen molar-refractivity contribution in [2.75, 3.05) is 13.7 Å². The molecule has 1 aromatic heterocycles. The predicted octanol–water partition coefficient (Wildman–Crippen LogP) is 2.51. The van der Waals surface area contributed by atoms with Gasteiger partial charge in [0.25, 0.3) is 0 Å². The van der Waals surface area contributed by atoms with E-state index in [2.05, 4.69) is 9.97 Å². The Morgan fingerprint density at radius 3 is 2.69 bits per heavy atom. The van der Waals surface area contributed by atoms with Crippen LogP contribution in [-0.2, 0) is 0 Å². The minimum atomic E-state index is -0.460. The fourth-order valence-corrected chi connectivity index (χ4v) is 3.68. The summed E-state index contributed by atoms with van der Waals surface area (Å²) < 4.78 is 11.3. The van der Waals surface area contributed by atoms with Gasteiger partial charge < -0.3 is 14.6 Å². The number of aromatic nitrogens is 2. The third-order valence-electron chi connectivity index (χ3n) is 4.84. The Hall–Kier alpha value is -2.73. The molecule has 0 saturated heterocycles. The second kappa shape index (κ2) is 6.88. The van der Waals surface area contributed by atoms with Crippen LogP contribution in [-0.4, -0.2) is 46.6 Å². The maximum atomic E-state index is 10.1. The molecule has 0 amide bonds. The molecule has 1 aromatic carbocycles. The summed E-state index contributed by atoms with van der Waals surface area (Å²) >= 11 is 0. The van der Waals surface area contributed by atoms with Crippen molar-refractivity contribution in [1.82, 2.24) is 9.97 Å². The SMILES string of the molecule is CCOc1cc2c(cc1OC)C(c1cncnc1)=N[C@@H]1C=C[C@H](O)C[C@H]21. The van der Waals surface area contributed by atoms with Crippen molar-refractivity contribution in [1.29, 1.82) is 0 Å². The molecule has 2 aliphatic rings. The Bertz CT molecular complexity index is 864. The fourth-order valence-electron chi connectivity index (χ4n) is 3.68. The average molecular weight is 351 g/mol. The van der Waals surface area contributed by atoms with Crippen molar-refractivity contribution in [3.05, 3.63) is 59.7 Å². The van der Waals surface area contributed by atoms with Gasteiger partial charge in [0.15, 0.2) is 11.5 Å². The smallest absolute Gasteiger partial charge is 0.161 e. The van der Waals surface area contributed by atoms with Crippen LogP contribution in [0.2, 0.25) is 0 Å². The molecule has 0 fully saturated rings. The molecule has 6 nitrogen and oxygen atoms in total. The normalized spacial score (nSPS) is 23.7. The lowest BCUT2D eigenvalue weighted by atomic mass is 9.77. The Morgan fingerprint density at radius 1 is 1.15 bits per heavy atom. The maximum absolute atomic E-state index is 10.1. The summed E-state index contributed by atoms with van der Waals surface area (Å²) in [6.45, 7) is 2.50. The molecule has 1 N–H and O–H groups in total. The highest BCUT2D eigenvalue weighted by molar-refractivity contribution is 6.14. The number of aliphatic hydroxyl groups is 1. The first-order chi connectivity index (χ1) is 12.7. The number of benzene rings is 1. The van der Waals surface area contributed by atoms with Crippen molar-refractivity contribution >= 4 is 5.71 Å². The third-order valence-corrected chi connectivity index (χ3v) is 4.84. The van der Waals surface area contributed by atoms with Crippen LogP contribution in [0.25, 0.3) is 0 Å². The number of ether oxygens (including phenoxy) is 2. The van der Waals surface area contributed by atoms with Crippen LogP contribution < -0.4 is 9.47 Å². The summed E-state index contributed by atoms with van der Waals surface area (Å²) in [5.74, 6) is 1.48. The second-order valence-corrected chi connectivity index (χ2v) is 6.41. The second-order valence-electron chi connectivity index (χ2n) is 6.41. The molecule has 0 saturated carbocycles. The van der Waals surface area contributed by atoms with Gasteiger partial charge in [0.05, 0.1) is 31.6 Å². The lowest BCUT2D eigenvalue weighted by Gasteiger charge is -2.34. The van der Waals surface area contributed by atoms with E-state index in [1.54, 1.807) is 19.5 Å². The van der Waals surface area contributed by atoms with Gasteiger partial charge in [-0.05, 0) is 31.0 Å². The molecule has 1 aliphatic heterocycles. The number of methoxy groups -OCH3 is 1. The highest BCUT2D eigenvalue weighted by atomic mass is 16.5. The maximum Gasteiger partial charge on any atom is 0.161 e. The fraction of sp³-hybridized carbons (Fsp3) is 0.350. The zero-order valence-electron chi connectivity index (χ0n) is 14.8.